The fourth-order valence-electron chi connectivity index (χ4n) is 2.87. The molecule has 2 aliphatic rings. The van der Waals surface area contributed by atoms with Crippen molar-refractivity contribution in [2.24, 2.45) is 11.3 Å². The highest BCUT2D eigenvalue weighted by Gasteiger charge is 2.42. The van der Waals surface area contributed by atoms with Gasteiger partial charge < -0.3 is 20.1 Å². The van der Waals surface area contributed by atoms with Crippen molar-refractivity contribution in [2.75, 3.05) is 19.7 Å². The molecule has 2 amide bonds. The van der Waals surface area contributed by atoms with Crippen LogP contribution in [0.3, 0.4) is 0 Å². The average Bonchev–Trinajstić information content (AvgIpc) is 3.31. The standard InChI is InChI=1S/C18H24N2O4/c1-18(16(21)22)8-9-20(12-18)17(23)19-10-14-4-2-3-5-15(14)24-11-13-6-7-13/h2-5,13H,6-12H2,1H3,(H,19,23)(H,21,22). The molecule has 1 aromatic carbocycles. The van der Waals surface area contributed by atoms with Gasteiger partial charge in [-0.2, -0.15) is 0 Å². The largest absolute Gasteiger partial charge is 0.493 e. The van der Waals surface area contributed by atoms with Gasteiger partial charge in [-0.3, -0.25) is 4.79 Å². The van der Waals surface area contributed by atoms with E-state index >= 15 is 0 Å². The molecule has 0 spiro atoms. The number of carbonyl (C=O) groups excluding carboxylic acids is 1. The molecule has 1 unspecified atom stereocenters. The first kappa shape index (κ1) is 16.6. The van der Waals surface area contributed by atoms with Crippen LogP contribution < -0.4 is 10.1 Å². The minimum atomic E-state index is -0.850. The summed E-state index contributed by atoms with van der Waals surface area (Å²) in [7, 11) is 0. The fraction of sp³-hybridized carbons (Fsp3) is 0.556. The minimum Gasteiger partial charge on any atom is -0.493 e. The van der Waals surface area contributed by atoms with Crippen LogP contribution in [0.2, 0.25) is 0 Å². The third-order valence-corrected chi connectivity index (χ3v) is 4.85. The number of amides is 2. The molecule has 6 heteroatoms. The lowest BCUT2D eigenvalue weighted by Gasteiger charge is -2.21. The molecule has 24 heavy (non-hydrogen) atoms. The number of nitrogens with one attached hydrogen (secondary N) is 1. The van der Waals surface area contributed by atoms with Crippen LogP contribution in [0.15, 0.2) is 24.3 Å². The van der Waals surface area contributed by atoms with Crippen LogP contribution in [-0.2, 0) is 11.3 Å². The number of benzene rings is 1. The summed E-state index contributed by atoms with van der Waals surface area (Å²) in [4.78, 5) is 25.1. The molecular weight excluding hydrogens is 308 g/mol. The molecular formula is C18H24N2O4. The number of carboxylic acids is 1. The smallest absolute Gasteiger partial charge is 0.317 e. The van der Waals surface area contributed by atoms with Gasteiger partial charge in [0.1, 0.15) is 5.75 Å². The maximum absolute atomic E-state index is 12.3. The molecule has 3 rings (SSSR count). The normalized spacial score (nSPS) is 23.1. The van der Waals surface area contributed by atoms with Crippen LogP contribution in [0.5, 0.6) is 5.75 Å². The molecule has 1 aliphatic heterocycles. The molecule has 1 aromatic rings. The van der Waals surface area contributed by atoms with Crippen molar-refractivity contribution in [1.82, 2.24) is 10.2 Å². The van der Waals surface area contributed by atoms with E-state index in [0.717, 1.165) is 17.9 Å². The first-order chi connectivity index (χ1) is 11.5. The molecule has 1 aliphatic carbocycles. The van der Waals surface area contributed by atoms with Gasteiger partial charge in [0.2, 0.25) is 0 Å². The summed E-state index contributed by atoms with van der Waals surface area (Å²) in [5.41, 5.74) is 0.0921. The molecule has 1 heterocycles. The van der Waals surface area contributed by atoms with Crippen molar-refractivity contribution in [3.8, 4) is 5.75 Å². The lowest BCUT2D eigenvalue weighted by molar-refractivity contribution is -0.147. The van der Waals surface area contributed by atoms with Crippen molar-refractivity contribution < 1.29 is 19.4 Å². The van der Waals surface area contributed by atoms with Crippen LogP contribution in [0.1, 0.15) is 31.7 Å². The van der Waals surface area contributed by atoms with Gasteiger partial charge in [0.15, 0.2) is 0 Å². The second kappa shape index (κ2) is 6.71. The number of carbonyl (C=O) groups is 2. The van der Waals surface area contributed by atoms with E-state index in [4.69, 9.17) is 4.74 Å². The van der Waals surface area contributed by atoms with Crippen molar-refractivity contribution in [3.63, 3.8) is 0 Å². The van der Waals surface area contributed by atoms with E-state index in [1.165, 1.54) is 12.8 Å². The van der Waals surface area contributed by atoms with Gasteiger partial charge >= 0.3 is 12.0 Å². The lowest BCUT2D eigenvalue weighted by Crippen LogP contribution is -2.40. The third kappa shape index (κ3) is 3.80. The van der Waals surface area contributed by atoms with E-state index in [0.29, 0.717) is 25.4 Å². The van der Waals surface area contributed by atoms with Crippen molar-refractivity contribution >= 4 is 12.0 Å². The Bertz CT molecular complexity index is 629. The summed E-state index contributed by atoms with van der Waals surface area (Å²) in [6.07, 6.45) is 2.95. The first-order valence-corrected chi connectivity index (χ1v) is 8.45. The van der Waals surface area contributed by atoms with Crippen molar-refractivity contribution in [3.05, 3.63) is 29.8 Å². The number of carboxylic acid groups (broad SMARTS) is 1. The van der Waals surface area contributed by atoms with Gasteiger partial charge in [0.25, 0.3) is 0 Å². The summed E-state index contributed by atoms with van der Waals surface area (Å²) >= 11 is 0. The summed E-state index contributed by atoms with van der Waals surface area (Å²) < 4.78 is 5.84. The maximum Gasteiger partial charge on any atom is 0.317 e. The number of hydrogen-bond acceptors (Lipinski definition) is 3. The number of likely N-dealkylation sites (tertiary alicyclic amines) is 1. The molecule has 1 saturated carbocycles. The van der Waals surface area contributed by atoms with E-state index < -0.39 is 11.4 Å². The Hall–Kier alpha value is -2.24. The maximum atomic E-state index is 12.3. The van der Waals surface area contributed by atoms with Crippen molar-refractivity contribution in [1.29, 1.82) is 0 Å². The van der Waals surface area contributed by atoms with Gasteiger partial charge in [-0.05, 0) is 38.2 Å². The molecule has 0 aromatic heterocycles. The number of hydrogen-bond donors (Lipinski definition) is 2. The number of aliphatic carboxylic acids is 1. The molecule has 1 atom stereocenters. The van der Waals surface area contributed by atoms with Crippen LogP contribution in [0, 0.1) is 11.3 Å². The Balaban J connectivity index is 1.54. The predicted octanol–water partition coefficient (Wildman–Crippen LogP) is 2.48. The zero-order chi connectivity index (χ0) is 17.2. The first-order valence-electron chi connectivity index (χ1n) is 8.45. The second-order valence-electron chi connectivity index (χ2n) is 7.06. The number of nitrogens with zero attached hydrogens (tertiary/aromatic N) is 1. The van der Waals surface area contributed by atoms with E-state index in [-0.39, 0.29) is 12.6 Å². The number of urea groups is 1. The number of ether oxygens (including phenoxy) is 1. The molecule has 0 radical (unpaired) electrons. The summed E-state index contributed by atoms with van der Waals surface area (Å²) in [6.45, 7) is 3.50. The molecule has 1 saturated heterocycles. The van der Waals surface area contributed by atoms with Crippen LogP contribution in [-0.4, -0.2) is 41.7 Å². The minimum absolute atomic E-state index is 0.225. The highest BCUT2D eigenvalue weighted by atomic mass is 16.5. The van der Waals surface area contributed by atoms with Gasteiger partial charge in [-0.25, -0.2) is 4.79 Å². The molecule has 6 nitrogen and oxygen atoms in total. The highest BCUT2D eigenvalue weighted by molar-refractivity contribution is 5.79. The zero-order valence-corrected chi connectivity index (χ0v) is 14.0. The average molecular weight is 332 g/mol. The van der Waals surface area contributed by atoms with Crippen molar-refractivity contribution in [2.45, 2.75) is 32.7 Å². The fourth-order valence-corrected chi connectivity index (χ4v) is 2.87. The Kier molecular flexibility index (Phi) is 4.64. The van der Waals surface area contributed by atoms with E-state index in [2.05, 4.69) is 5.32 Å². The van der Waals surface area contributed by atoms with E-state index in [9.17, 15) is 14.7 Å². The Morgan fingerprint density at radius 2 is 2.12 bits per heavy atom. The van der Waals surface area contributed by atoms with E-state index in [1.807, 2.05) is 24.3 Å². The van der Waals surface area contributed by atoms with Gasteiger partial charge in [-0.1, -0.05) is 18.2 Å². The summed E-state index contributed by atoms with van der Waals surface area (Å²) in [5, 5.41) is 12.1. The molecule has 130 valence electrons. The number of rotatable bonds is 6. The lowest BCUT2D eigenvalue weighted by atomic mass is 9.90. The Morgan fingerprint density at radius 3 is 2.79 bits per heavy atom. The van der Waals surface area contributed by atoms with E-state index in [1.54, 1.807) is 11.8 Å². The summed E-state index contributed by atoms with van der Waals surface area (Å²) in [5.74, 6) is 0.629. The van der Waals surface area contributed by atoms with Crippen LogP contribution >= 0.6 is 0 Å². The molecule has 0 bridgehead atoms. The Labute approximate surface area is 141 Å². The quantitative estimate of drug-likeness (QED) is 0.839. The van der Waals surface area contributed by atoms with Gasteiger partial charge in [-0.15, -0.1) is 0 Å². The number of para-hydroxylation sites is 1. The Morgan fingerprint density at radius 1 is 1.38 bits per heavy atom. The van der Waals surface area contributed by atoms with Gasteiger partial charge in [0.05, 0.1) is 12.0 Å². The van der Waals surface area contributed by atoms with Crippen LogP contribution in [0.4, 0.5) is 4.79 Å². The SMILES string of the molecule is CC1(C(=O)O)CCN(C(=O)NCc2ccccc2OCC2CC2)C1. The highest BCUT2D eigenvalue weighted by Crippen LogP contribution is 2.31. The monoisotopic (exact) mass is 332 g/mol. The van der Waals surface area contributed by atoms with Gasteiger partial charge in [0, 0.05) is 25.2 Å². The second-order valence-corrected chi connectivity index (χ2v) is 7.06. The van der Waals surface area contributed by atoms with Crippen LogP contribution in [0.25, 0.3) is 0 Å². The topological polar surface area (TPSA) is 78.9 Å². The third-order valence-electron chi connectivity index (χ3n) is 4.85. The molecule has 2 fully saturated rings. The zero-order valence-electron chi connectivity index (χ0n) is 14.0. The predicted molar refractivity (Wildman–Crippen MR) is 88.8 cm³/mol. The molecule has 2 N–H and O–H groups in total. The summed E-state index contributed by atoms with van der Waals surface area (Å²) in [6, 6.07) is 7.47.